The van der Waals surface area contributed by atoms with Gasteiger partial charge in [-0.05, 0) is 30.9 Å². The van der Waals surface area contributed by atoms with Gasteiger partial charge >= 0.3 is 0 Å². The molecule has 1 aliphatic carbocycles. The molecule has 1 aromatic carbocycles. The summed E-state index contributed by atoms with van der Waals surface area (Å²) in [5.74, 6) is 2.42. The van der Waals surface area contributed by atoms with Crippen molar-refractivity contribution in [1.29, 1.82) is 0 Å². The molecule has 3 rings (SSSR count). The van der Waals surface area contributed by atoms with Crippen molar-refractivity contribution in [2.75, 3.05) is 47.5 Å². The second-order valence-electron chi connectivity index (χ2n) is 7.83. The van der Waals surface area contributed by atoms with Crippen molar-refractivity contribution in [3.8, 4) is 17.2 Å². The van der Waals surface area contributed by atoms with E-state index in [2.05, 4.69) is 6.92 Å². The summed E-state index contributed by atoms with van der Waals surface area (Å²) in [5, 5.41) is 0. The van der Waals surface area contributed by atoms with Gasteiger partial charge in [0.25, 0.3) is 5.91 Å². The lowest BCUT2D eigenvalue weighted by molar-refractivity contribution is -0.930. The van der Waals surface area contributed by atoms with Gasteiger partial charge in [-0.15, -0.1) is 0 Å². The molecule has 1 amide bonds. The molecule has 2 aliphatic rings. The molecule has 1 saturated carbocycles. The largest absolute Gasteiger partial charge is 0.493 e. The minimum atomic E-state index is 0.0327. The molecule has 1 N–H and O–H groups in total. The van der Waals surface area contributed by atoms with Crippen LogP contribution < -0.4 is 19.1 Å². The number of piperazine rings is 1. The Morgan fingerprint density at radius 2 is 1.67 bits per heavy atom. The second kappa shape index (κ2) is 8.83. The van der Waals surface area contributed by atoms with Gasteiger partial charge in [-0.2, -0.15) is 0 Å². The lowest BCUT2D eigenvalue weighted by Crippen LogP contribution is -3.18. The number of hydrogen-bond acceptors (Lipinski definition) is 4. The highest BCUT2D eigenvalue weighted by atomic mass is 16.5. The van der Waals surface area contributed by atoms with Crippen LogP contribution in [0.15, 0.2) is 12.1 Å². The van der Waals surface area contributed by atoms with E-state index in [0.717, 1.165) is 38.1 Å². The van der Waals surface area contributed by atoms with E-state index in [1.807, 2.05) is 4.90 Å². The maximum absolute atomic E-state index is 13.0. The number of nitrogens with one attached hydrogen (secondary N) is 1. The first-order valence-corrected chi connectivity index (χ1v) is 10.0. The molecule has 0 bridgehead atoms. The molecule has 0 spiro atoms. The summed E-state index contributed by atoms with van der Waals surface area (Å²) in [6.07, 6.45) is 5.38. The average Bonchev–Trinajstić information content (AvgIpc) is 2.72. The number of ether oxygens (including phenoxy) is 3. The zero-order chi connectivity index (χ0) is 19.4. The predicted octanol–water partition coefficient (Wildman–Crippen LogP) is 1.63. The molecule has 1 aliphatic heterocycles. The number of hydrogen-bond donors (Lipinski definition) is 1. The summed E-state index contributed by atoms with van der Waals surface area (Å²) < 4.78 is 16.1. The molecule has 6 heteroatoms. The molecule has 2 fully saturated rings. The van der Waals surface area contributed by atoms with E-state index in [1.54, 1.807) is 38.4 Å². The van der Waals surface area contributed by atoms with Crippen LogP contribution in [0.3, 0.4) is 0 Å². The molecule has 1 heterocycles. The predicted molar refractivity (Wildman–Crippen MR) is 104 cm³/mol. The Bertz CT molecular complexity index is 631. The van der Waals surface area contributed by atoms with Crippen molar-refractivity contribution >= 4 is 5.91 Å². The Hall–Kier alpha value is -1.95. The highest BCUT2D eigenvalue weighted by molar-refractivity contribution is 5.95. The number of carbonyl (C=O) groups excluding carboxylic acids is 1. The van der Waals surface area contributed by atoms with Crippen molar-refractivity contribution in [3.05, 3.63) is 17.7 Å². The first kappa shape index (κ1) is 19.8. The Morgan fingerprint density at radius 1 is 1.04 bits per heavy atom. The topological polar surface area (TPSA) is 52.4 Å². The molecule has 2 atom stereocenters. The maximum Gasteiger partial charge on any atom is 0.254 e. The number of rotatable bonds is 5. The third-order valence-electron chi connectivity index (χ3n) is 6.12. The van der Waals surface area contributed by atoms with Crippen LogP contribution in [0.2, 0.25) is 0 Å². The van der Waals surface area contributed by atoms with Gasteiger partial charge in [-0.3, -0.25) is 4.79 Å². The third kappa shape index (κ3) is 4.32. The van der Waals surface area contributed by atoms with Gasteiger partial charge in [0.2, 0.25) is 5.75 Å². The van der Waals surface area contributed by atoms with E-state index in [1.165, 1.54) is 25.7 Å². The molecule has 150 valence electrons. The molecule has 1 aromatic rings. The van der Waals surface area contributed by atoms with E-state index < -0.39 is 0 Å². The molecule has 0 unspecified atom stereocenters. The summed E-state index contributed by atoms with van der Waals surface area (Å²) in [4.78, 5) is 16.7. The highest BCUT2D eigenvalue weighted by Gasteiger charge is 2.32. The Kier molecular flexibility index (Phi) is 6.47. The van der Waals surface area contributed by atoms with Crippen molar-refractivity contribution < 1.29 is 23.9 Å². The van der Waals surface area contributed by atoms with Crippen molar-refractivity contribution in [2.24, 2.45) is 5.92 Å². The van der Waals surface area contributed by atoms with E-state index in [4.69, 9.17) is 14.2 Å². The molecule has 0 aromatic heterocycles. The third-order valence-corrected chi connectivity index (χ3v) is 6.12. The minimum absolute atomic E-state index is 0.0327. The Morgan fingerprint density at radius 3 is 2.19 bits per heavy atom. The molecule has 27 heavy (non-hydrogen) atoms. The molecule has 1 saturated heterocycles. The Balaban J connectivity index is 1.67. The van der Waals surface area contributed by atoms with Crippen molar-refractivity contribution in [2.45, 2.75) is 38.6 Å². The minimum Gasteiger partial charge on any atom is -0.493 e. The van der Waals surface area contributed by atoms with E-state index in [0.29, 0.717) is 22.8 Å². The fourth-order valence-electron chi connectivity index (χ4n) is 4.60. The number of carbonyl (C=O) groups is 1. The molecular weight excluding hydrogens is 344 g/mol. The number of amides is 1. The fraction of sp³-hybridized carbons (Fsp3) is 0.667. The SMILES string of the molecule is COc1cc(C(=O)N2CC[NH+]([C@H]3CCC[C@@H](C)C3)CC2)cc(OC)c1OC. The number of nitrogens with zero attached hydrogens (tertiary/aromatic N) is 1. The zero-order valence-electron chi connectivity index (χ0n) is 17.0. The molecular formula is C21H33N2O4+. The first-order valence-electron chi connectivity index (χ1n) is 10.0. The van der Waals surface area contributed by atoms with Crippen LogP contribution in [0.1, 0.15) is 43.0 Å². The summed E-state index contributed by atoms with van der Waals surface area (Å²) >= 11 is 0. The van der Waals surface area contributed by atoms with Gasteiger partial charge in [-0.25, -0.2) is 0 Å². The first-order chi connectivity index (χ1) is 13.1. The van der Waals surface area contributed by atoms with Crippen LogP contribution in [0.5, 0.6) is 17.2 Å². The van der Waals surface area contributed by atoms with Gasteiger partial charge in [0.1, 0.15) is 0 Å². The zero-order valence-corrected chi connectivity index (χ0v) is 17.0. The van der Waals surface area contributed by atoms with Crippen molar-refractivity contribution in [1.82, 2.24) is 4.90 Å². The van der Waals surface area contributed by atoms with E-state index >= 15 is 0 Å². The van der Waals surface area contributed by atoms with Crippen molar-refractivity contribution in [3.63, 3.8) is 0 Å². The number of quaternary nitrogens is 1. The normalized spacial score (nSPS) is 23.8. The van der Waals surface area contributed by atoms with Gasteiger partial charge in [0, 0.05) is 12.0 Å². The smallest absolute Gasteiger partial charge is 0.254 e. The quantitative estimate of drug-likeness (QED) is 0.848. The Labute approximate surface area is 162 Å². The lowest BCUT2D eigenvalue weighted by atomic mass is 9.86. The number of benzene rings is 1. The average molecular weight is 378 g/mol. The monoisotopic (exact) mass is 377 g/mol. The highest BCUT2D eigenvalue weighted by Crippen LogP contribution is 2.38. The van der Waals surface area contributed by atoms with E-state index in [9.17, 15) is 4.79 Å². The van der Waals surface area contributed by atoms with Crippen LogP contribution in [0.25, 0.3) is 0 Å². The van der Waals surface area contributed by atoms with Gasteiger partial charge in [0.05, 0.1) is 53.6 Å². The van der Waals surface area contributed by atoms with Gasteiger partial charge in [0.15, 0.2) is 11.5 Å². The lowest BCUT2D eigenvalue weighted by Gasteiger charge is -2.39. The van der Waals surface area contributed by atoms with Crippen LogP contribution in [-0.2, 0) is 0 Å². The summed E-state index contributed by atoms with van der Waals surface area (Å²) in [6.45, 7) is 6.04. The maximum atomic E-state index is 13.0. The standard InChI is InChI=1S/C21H32N2O4/c1-15-6-5-7-17(12-15)22-8-10-23(11-9-22)21(24)16-13-18(25-2)20(27-4)19(14-16)26-3/h13-15,17H,5-12H2,1-4H3/p+1/t15-,17+/m1/s1. The van der Waals surface area contributed by atoms with Gasteiger partial charge in [-0.1, -0.05) is 13.3 Å². The van der Waals surface area contributed by atoms with Crippen LogP contribution in [0.4, 0.5) is 0 Å². The van der Waals surface area contributed by atoms with Gasteiger partial charge < -0.3 is 24.0 Å². The number of methoxy groups -OCH3 is 3. The van der Waals surface area contributed by atoms with E-state index in [-0.39, 0.29) is 5.91 Å². The molecule has 0 radical (unpaired) electrons. The van der Waals surface area contributed by atoms with Crippen LogP contribution in [0, 0.1) is 5.92 Å². The summed E-state index contributed by atoms with van der Waals surface area (Å²) in [7, 11) is 4.70. The molecule has 6 nitrogen and oxygen atoms in total. The summed E-state index contributed by atoms with van der Waals surface area (Å²) in [6, 6.07) is 4.25. The fourth-order valence-corrected chi connectivity index (χ4v) is 4.60. The summed E-state index contributed by atoms with van der Waals surface area (Å²) in [5.41, 5.74) is 0.583. The van der Waals surface area contributed by atoms with Crippen LogP contribution >= 0.6 is 0 Å². The second-order valence-corrected chi connectivity index (χ2v) is 7.83. The van der Waals surface area contributed by atoms with Crippen LogP contribution in [-0.4, -0.2) is 64.4 Å².